The van der Waals surface area contributed by atoms with Crippen LogP contribution in [0, 0.1) is 12.3 Å². The summed E-state index contributed by atoms with van der Waals surface area (Å²) in [5.74, 6) is -3.52. The van der Waals surface area contributed by atoms with Crippen molar-refractivity contribution in [1.29, 1.82) is 0 Å². The van der Waals surface area contributed by atoms with E-state index in [1.807, 2.05) is 38.1 Å². The molecule has 27 heteroatoms. The molecule has 0 aliphatic carbocycles. The van der Waals surface area contributed by atoms with E-state index in [9.17, 15) is 61.8 Å². The molecule has 4 saturated heterocycles. The van der Waals surface area contributed by atoms with E-state index in [1.54, 1.807) is 71.8 Å². The van der Waals surface area contributed by atoms with E-state index < -0.39 is 115 Å². The van der Waals surface area contributed by atoms with E-state index in [0.717, 1.165) is 51.6 Å². The van der Waals surface area contributed by atoms with Gasteiger partial charge in [-0.05, 0) is 91.8 Å². The number of aliphatic hydroxyl groups is 1. The number of β-amino-alcohol motifs (C(OH)–C–C–N with tert-alkyl or cyclic N) is 1. The number of nitrogens with zero attached hydrogens (tertiary/aromatic N) is 5. The van der Waals surface area contributed by atoms with Gasteiger partial charge in [0.1, 0.15) is 42.9 Å². The van der Waals surface area contributed by atoms with Crippen molar-refractivity contribution < 1.29 is 71.3 Å². The van der Waals surface area contributed by atoms with Gasteiger partial charge in [0.2, 0.25) is 35.4 Å². The Hall–Kier alpha value is -6.64. The molecule has 0 spiro atoms. The summed E-state index contributed by atoms with van der Waals surface area (Å²) in [5, 5.41) is 22.4. The van der Waals surface area contributed by atoms with Gasteiger partial charge in [-0.25, -0.2) is 4.98 Å². The largest absolute Gasteiger partial charge is 0.399 e. The standard InChI is InChI=1S/C58H70F2N9O13PS2/c1-33(35-13-15-36(16-14-35)49-34(2)62-32-84-49)63-51(73)43-26-40(70)27-68(43)55(77)50(56(3,4)5)65-47(71)28-81-22-23-82-29-48(72)66-57(46-12-8-9-21-61-46)30-67(31-57)54(76)42-19-18-39-10-6-7-11-41(53(75)69(39)42)64-52(74)45-25-37-24-38(17-20-44(37)85-45)58(59,60)83(78,79)80/h8-9,12-17,20-21,24-25,32-33,39-43,50,70H,6-7,10-11,18-19,22-23,26-31H2,1-5H3,(H,63,73)(H,64,74)(H,65,71)(H,66,72)(H2,78,79,80)/t33-,39+,40+,41-,42-,43-,50+/m0/s1. The fourth-order valence-electron chi connectivity index (χ4n) is 11.5. The Morgan fingerprint density at radius 2 is 1.59 bits per heavy atom. The molecule has 9 rings (SSSR count). The summed E-state index contributed by atoms with van der Waals surface area (Å²) >= 11 is 2.51. The van der Waals surface area contributed by atoms with Crippen molar-refractivity contribution in [3.8, 4) is 10.4 Å². The van der Waals surface area contributed by atoms with E-state index in [4.69, 9.17) is 9.47 Å². The number of hydrogen-bond donors (Lipinski definition) is 7. The molecule has 4 fully saturated rings. The molecule has 4 aliphatic rings. The number of halogens is 2. The Labute approximate surface area is 497 Å². The second-order valence-corrected chi connectivity index (χ2v) is 26.9. The zero-order valence-electron chi connectivity index (χ0n) is 47.6. The van der Waals surface area contributed by atoms with Gasteiger partial charge < -0.3 is 60.3 Å². The summed E-state index contributed by atoms with van der Waals surface area (Å²) in [6.07, 6.45) is 3.83. The highest BCUT2D eigenvalue weighted by molar-refractivity contribution is 7.52. The Morgan fingerprint density at radius 1 is 0.882 bits per heavy atom. The Kier molecular flexibility index (Phi) is 19.0. The highest BCUT2D eigenvalue weighted by Crippen LogP contribution is 2.59. The second kappa shape index (κ2) is 25.7. The molecule has 7 heterocycles. The number of carbonyl (C=O) groups excluding carboxylic acids is 7. The number of amides is 7. The molecule has 85 heavy (non-hydrogen) atoms. The van der Waals surface area contributed by atoms with E-state index in [1.165, 1.54) is 17.0 Å². The number of hydrogen-bond acceptors (Lipinski definition) is 15. The molecule has 0 bridgehead atoms. The number of fused-ring (bicyclic) bond motifs is 2. The average Bonchev–Trinajstić information content (AvgIpc) is 3.60. The van der Waals surface area contributed by atoms with Crippen LogP contribution < -0.4 is 21.3 Å². The molecule has 0 unspecified atom stereocenters. The highest BCUT2D eigenvalue weighted by atomic mass is 32.1. The van der Waals surface area contributed by atoms with Gasteiger partial charge in [0.05, 0.1) is 65.1 Å². The van der Waals surface area contributed by atoms with Gasteiger partial charge >= 0.3 is 13.3 Å². The third kappa shape index (κ3) is 14.0. The summed E-state index contributed by atoms with van der Waals surface area (Å²) < 4.78 is 52.2. The first-order valence-electron chi connectivity index (χ1n) is 28.1. The molecule has 0 radical (unpaired) electrons. The second-order valence-electron chi connectivity index (χ2n) is 23.3. The first kappa shape index (κ1) is 62.9. The predicted octanol–water partition coefficient (Wildman–Crippen LogP) is 5.24. The fourth-order valence-corrected chi connectivity index (χ4v) is 13.8. The predicted molar refractivity (Wildman–Crippen MR) is 310 cm³/mol. The molecule has 7 atom stereocenters. The molecule has 4 aliphatic heterocycles. The average molecular weight is 1230 g/mol. The molecule has 3 aromatic heterocycles. The first-order valence-corrected chi connectivity index (χ1v) is 31.4. The van der Waals surface area contributed by atoms with Crippen LogP contribution >= 0.6 is 30.3 Å². The van der Waals surface area contributed by atoms with E-state index in [-0.39, 0.29) is 67.9 Å². The van der Waals surface area contributed by atoms with Gasteiger partial charge in [-0.2, -0.15) is 8.78 Å². The maximum absolute atomic E-state index is 14.5. The number of alkyl halides is 2. The minimum absolute atomic E-state index is 0.0218. The zero-order valence-corrected chi connectivity index (χ0v) is 50.2. The lowest BCUT2D eigenvalue weighted by Crippen LogP contribution is -2.71. The van der Waals surface area contributed by atoms with E-state index in [0.29, 0.717) is 36.1 Å². The summed E-state index contributed by atoms with van der Waals surface area (Å²) in [5.41, 5.74) is -2.20. The number of carbonyl (C=O) groups is 7. The monoisotopic (exact) mass is 1230 g/mol. The highest BCUT2D eigenvalue weighted by Gasteiger charge is 2.54. The Balaban J connectivity index is 0.743. The quantitative estimate of drug-likeness (QED) is 0.0387. The van der Waals surface area contributed by atoms with E-state index in [2.05, 4.69) is 31.2 Å². The molecular formula is C58H70F2N9O13PS2. The summed E-state index contributed by atoms with van der Waals surface area (Å²) in [7, 11) is -5.84. The zero-order chi connectivity index (χ0) is 61.2. The van der Waals surface area contributed by atoms with Crippen LogP contribution in [0.5, 0.6) is 0 Å². The Bertz CT molecular complexity index is 3350. The Morgan fingerprint density at radius 3 is 2.25 bits per heavy atom. The van der Waals surface area contributed by atoms with Crippen molar-refractivity contribution in [2.45, 2.75) is 133 Å². The minimum atomic E-state index is -5.84. The summed E-state index contributed by atoms with van der Waals surface area (Å²) in [4.78, 5) is 130. The molecule has 7 N–H and O–H groups in total. The third-order valence-electron chi connectivity index (χ3n) is 16.0. The summed E-state index contributed by atoms with van der Waals surface area (Å²) in [6.45, 7) is 7.98. The first-order chi connectivity index (χ1) is 40.2. The number of rotatable bonds is 20. The lowest BCUT2D eigenvalue weighted by atomic mass is 9.84. The van der Waals surface area contributed by atoms with Gasteiger partial charge in [0.15, 0.2) is 0 Å². The van der Waals surface area contributed by atoms with Crippen molar-refractivity contribution in [2.75, 3.05) is 46.1 Å². The topological polar surface area (TPSA) is 299 Å². The van der Waals surface area contributed by atoms with Crippen molar-refractivity contribution in [2.24, 2.45) is 5.41 Å². The lowest BCUT2D eigenvalue weighted by molar-refractivity contribution is -0.154. The van der Waals surface area contributed by atoms with Crippen LogP contribution in [0.25, 0.3) is 20.5 Å². The number of ether oxygens (including phenoxy) is 2. The smallest absolute Gasteiger partial charge is 0.391 e. The lowest BCUT2D eigenvalue weighted by Gasteiger charge is -2.51. The summed E-state index contributed by atoms with van der Waals surface area (Å²) in [6, 6.07) is 12.7. The molecule has 5 aromatic rings. The van der Waals surface area contributed by atoms with Crippen molar-refractivity contribution in [1.82, 2.24) is 45.9 Å². The van der Waals surface area contributed by atoms with Crippen LogP contribution in [0.15, 0.2) is 78.4 Å². The van der Waals surface area contributed by atoms with Gasteiger partial charge in [-0.15, -0.1) is 22.7 Å². The normalized spacial score (nSPS) is 21.5. The van der Waals surface area contributed by atoms with Crippen LogP contribution in [0.1, 0.15) is 111 Å². The van der Waals surface area contributed by atoms with Gasteiger partial charge in [-0.1, -0.05) is 70.0 Å². The number of benzene rings is 2. The number of likely N-dealkylation sites (tertiary alicyclic amines) is 2. The number of aryl methyl sites for hydroxylation is 1. The van der Waals surface area contributed by atoms with Crippen molar-refractivity contribution in [3.05, 3.63) is 106 Å². The number of pyridine rings is 1. The number of aromatic nitrogens is 2. The van der Waals surface area contributed by atoms with Crippen LogP contribution in [-0.2, 0) is 54.0 Å². The van der Waals surface area contributed by atoms with Gasteiger partial charge in [0, 0.05) is 35.5 Å². The molecule has 2 aromatic carbocycles. The van der Waals surface area contributed by atoms with Crippen LogP contribution in [-0.4, -0.2) is 163 Å². The molecule has 456 valence electrons. The molecule has 0 saturated carbocycles. The molecular weight excluding hydrogens is 1160 g/mol. The fraction of sp³-hybridized carbons (Fsp3) is 0.500. The van der Waals surface area contributed by atoms with Crippen LogP contribution in [0.3, 0.4) is 0 Å². The van der Waals surface area contributed by atoms with Gasteiger partial charge in [0.25, 0.3) is 5.91 Å². The molecule has 22 nitrogen and oxygen atoms in total. The van der Waals surface area contributed by atoms with E-state index >= 15 is 0 Å². The number of thiazole rings is 1. The number of thiophene rings is 1. The van der Waals surface area contributed by atoms with Crippen molar-refractivity contribution >= 4 is 81.7 Å². The van der Waals surface area contributed by atoms with Crippen molar-refractivity contribution in [3.63, 3.8) is 0 Å². The van der Waals surface area contributed by atoms with Crippen LogP contribution in [0.4, 0.5) is 8.78 Å². The number of aliphatic hydroxyl groups excluding tert-OH is 1. The molecule has 7 amide bonds. The maximum atomic E-state index is 14.5. The minimum Gasteiger partial charge on any atom is -0.391 e. The SMILES string of the molecule is Cc1ncsc1-c1ccc([C@H](C)NC(=O)[C@@H]2C[C@@H](O)CN2C(=O)[C@@H](NC(=O)COCCOCC(=O)NC2(c3ccccn3)CN(C(=O)[C@@H]3CC[C@H]4CCCC[C@H](NC(=O)c5cc6cc(C(F)(F)P(=O)(O)O)ccc6s5)C(=O)N43)C2)C(C)(C)C)cc1. The number of nitrogens with one attached hydrogen (secondary N) is 4. The van der Waals surface area contributed by atoms with Crippen LogP contribution in [0.2, 0.25) is 0 Å². The van der Waals surface area contributed by atoms with Gasteiger partial charge in [-0.3, -0.25) is 43.1 Å². The maximum Gasteiger partial charge on any atom is 0.399 e. The third-order valence-corrected chi connectivity index (χ3v) is 19.1.